The summed E-state index contributed by atoms with van der Waals surface area (Å²) in [4.78, 5) is 6.65. The molecule has 0 aliphatic carbocycles. The van der Waals surface area contributed by atoms with Gasteiger partial charge in [0, 0.05) is 51.5 Å². The molecule has 0 amide bonds. The maximum Gasteiger partial charge on any atom is 0.128 e. The molecular weight excluding hydrogens is 314 g/mol. The van der Waals surface area contributed by atoms with Gasteiger partial charge in [-0.1, -0.05) is 24.3 Å². The molecule has 0 saturated carbocycles. The Balaban J connectivity index is 1.60. The third-order valence-electron chi connectivity index (χ3n) is 4.65. The average Bonchev–Trinajstić information content (AvgIpc) is 2.65. The number of hydrogen-bond acceptors (Lipinski definition) is 5. The van der Waals surface area contributed by atoms with Crippen molar-refractivity contribution < 1.29 is 9.47 Å². The number of para-hydroxylation sites is 1. The summed E-state index contributed by atoms with van der Waals surface area (Å²) in [5.41, 5.74) is 3.65. The van der Waals surface area contributed by atoms with E-state index in [2.05, 4.69) is 52.5 Å². The molecule has 0 saturated heterocycles. The van der Waals surface area contributed by atoms with Crippen LogP contribution in [-0.2, 0) is 11.3 Å². The highest BCUT2D eigenvalue weighted by Gasteiger charge is 2.22. The number of ether oxygens (including phenoxy) is 2. The molecule has 1 aliphatic rings. The summed E-state index contributed by atoms with van der Waals surface area (Å²) in [6.45, 7) is 5.19. The minimum Gasteiger partial charge on any atom is -0.493 e. The number of aromatic nitrogens is 1. The highest BCUT2D eigenvalue weighted by atomic mass is 16.5. The van der Waals surface area contributed by atoms with E-state index >= 15 is 0 Å². The second-order valence-corrected chi connectivity index (χ2v) is 6.50. The van der Waals surface area contributed by atoms with E-state index in [0.717, 1.165) is 37.7 Å². The maximum atomic E-state index is 5.84. The van der Waals surface area contributed by atoms with Crippen molar-refractivity contribution in [3.05, 3.63) is 53.2 Å². The van der Waals surface area contributed by atoms with Gasteiger partial charge < -0.3 is 19.7 Å². The van der Waals surface area contributed by atoms with Crippen molar-refractivity contribution in [2.24, 2.45) is 0 Å². The standard InChI is InChI=1S/C20H27N3O2/c1-15-5-4-6-17-18(9-11-25-20(15)17)21-13-16-7-8-19(22-14-16)23(2)10-12-24-3/h4-8,14,18,21H,9-13H2,1-3H3/t18-/m0/s1. The summed E-state index contributed by atoms with van der Waals surface area (Å²) < 4.78 is 11.0. The van der Waals surface area contributed by atoms with Crippen molar-refractivity contribution >= 4 is 5.82 Å². The van der Waals surface area contributed by atoms with Gasteiger partial charge >= 0.3 is 0 Å². The van der Waals surface area contributed by atoms with Crippen molar-refractivity contribution in [3.8, 4) is 5.75 Å². The molecule has 1 aliphatic heterocycles. The molecule has 2 aromatic rings. The van der Waals surface area contributed by atoms with Gasteiger partial charge in [-0.25, -0.2) is 4.98 Å². The van der Waals surface area contributed by atoms with Crippen LogP contribution in [0.2, 0.25) is 0 Å². The van der Waals surface area contributed by atoms with Crippen LogP contribution in [0, 0.1) is 6.92 Å². The van der Waals surface area contributed by atoms with E-state index in [-0.39, 0.29) is 0 Å². The third kappa shape index (κ3) is 4.30. The van der Waals surface area contributed by atoms with Gasteiger partial charge in [-0.2, -0.15) is 0 Å². The second kappa shape index (κ2) is 8.32. The Morgan fingerprint density at radius 2 is 2.20 bits per heavy atom. The smallest absolute Gasteiger partial charge is 0.128 e. The number of anilines is 1. The largest absolute Gasteiger partial charge is 0.493 e. The van der Waals surface area contributed by atoms with E-state index in [0.29, 0.717) is 12.6 Å². The summed E-state index contributed by atoms with van der Waals surface area (Å²) in [6, 6.07) is 10.9. The van der Waals surface area contributed by atoms with Crippen molar-refractivity contribution in [2.45, 2.75) is 25.9 Å². The van der Waals surface area contributed by atoms with Gasteiger partial charge in [0.15, 0.2) is 0 Å². The molecule has 0 radical (unpaired) electrons. The molecule has 0 fully saturated rings. The molecule has 1 aromatic carbocycles. The van der Waals surface area contributed by atoms with Gasteiger partial charge in [0.1, 0.15) is 11.6 Å². The number of nitrogens with zero attached hydrogens (tertiary/aromatic N) is 2. The molecule has 1 atom stereocenters. The number of pyridine rings is 1. The van der Waals surface area contributed by atoms with E-state index < -0.39 is 0 Å². The Hall–Kier alpha value is -2.11. The first-order valence-electron chi connectivity index (χ1n) is 8.79. The fourth-order valence-corrected chi connectivity index (χ4v) is 3.12. The summed E-state index contributed by atoms with van der Waals surface area (Å²) in [5, 5.41) is 3.65. The van der Waals surface area contributed by atoms with Crippen molar-refractivity contribution in [1.29, 1.82) is 0 Å². The Labute approximate surface area is 150 Å². The zero-order chi connectivity index (χ0) is 17.6. The first-order chi connectivity index (χ1) is 12.2. The zero-order valence-corrected chi connectivity index (χ0v) is 15.3. The van der Waals surface area contributed by atoms with Gasteiger partial charge in [-0.15, -0.1) is 0 Å². The maximum absolute atomic E-state index is 5.84. The molecule has 0 unspecified atom stereocenters. The molecule has 5 heteroatoms. The lowest BCUT2D eigenvalue weighted by molar-refractivity contribution is 0.206. The minimum atomic E-state index is 0.327. The monoisotopic (exact) mass is 341 g/mol. The number of methoxy groups -OCH3 is 1. The lowest BCUT2D eigenvalue weighted by Gasteiger charge is -2.28. The number of nitrogens with one attached hydrogen (secondary N) is 1. The van der Waals surface area contributed by atoms with E-state index in [1.54, 1.807) is 7.11 Å². The molecule has 25 heavy (non-hydrogen) atoms. The van der Waals surface area contributed by atoms with E-state index in [1.807, 2.05) is 13.2 Å². The number of benzene rings is 1. The molecule has 1 N–H and O–H groups in total. The predicted molar refractivity (Wildman–Crippen MR) is 100 cm³/mol. The molecule has 3 rings (SSSR count). The third-order valence-corrected chi connectivity index (χ3v) is 4.65. The van der Waals surface area contributed by atoms with Gasteiger partial charge in [0.2, 0.25) is 0 Å². The fraction of sp³-hybridized carbons (Fsp3) is 0.450. The number of rotatable bonds is 7. The molecule has 2 heterocycles. The summed E-state index contributed by atoms with van der Waals surface area (Å²) in [6.07, 6.45) is 2.93. The molecule has 1 aromatic heterocycles. The van der Waals surface area contributed by atoms with Gasteiger partial charge in [0.25, 0.3) is 0 Å². The Morgan fingerprint density at radius 3 is 2.96 bits per heavy atom. The van der Waals surface area contributed by atoms with Crippen LogP contribution in [0.15, 0.2) is 36.5 Å². The van der Waals surface area contributed by atoms with Gasteiger partial charge in [0.05, 0.1) is 13.2 Å². The average molecular weight is 341 g/mol. The first kappa shape index (κ1) is 17.7. The normalized spacial score (nSPS) is 16.2. The topological polar surface area (TPSA) is 46.6 Å². The number of hydrogen-bond donors (Lipinski definition) is 1. The van der Waals surface area contributed by atoms with Gasteiger partial charge in [-0.05, 0) is 24.1 Å². The van der Waals surface area contributed by atoms with Crippen LogP contribution in [0.3, 0.4) is 0 Å². The SMILES string of the molecule is COCCN(C)c1ccc(CN[C@H]2CCOc3c(C)cccc32)cn1. The predicted octanol–water partition coefficient (Wildman–Crippen LogP) is 3.09. The highest BCUT2D eigenvalue weighted by Crippen LogP contribution is 2.34. The van der Waals surface area contributed by atoms with E-state index in [4.69, 9.17) is 9.47 Å². The minimum absolute atomic E-state index is 0.327. The lowest BCUT2D eigenvalue weighted by Crippen LogP contribution is -2.27. The van der Waals surface area contributed by atoms with Crippen LogP contribution in [0.4, 0.5) is 5.82 Å². The first-order valence-corrected chi connectivity index (χ1v) is 8.79. The Bertz CT molecular complexity index is 688. The van der Waals surface area contributed by atoms with Gasteiger partial charge in [-0.3, -0.25) is 0 Å². The lowest BCUT2D eigenvalue weighted by atomic mass is 9.98. The number of likely N-dealkylation sites (N-methyl/N-ethyl adjacent to an activating group) is 1. The van der Waals surface area contributed by atoms with E-state index in [1.165, 1.54) is 16.7 Å². The quantitative estimate of drug-likeness (QED) is 0.838. The number of aryl methyl sites for hydroxylation is 1. The zero-order valence-electron chi connectivity index (χ0n) is 15.3. The van der Waals surface area contributed by atoms with Crippen LogP contribution in [0.5, 0.6) is 5.75 Å². The molecule has 0 spiro atoms. The summed E-state index contributed by atoms with van der Waals surface area (Å²) in [5.74, 6) is 2.01. The molecule has 134 valence electrons. The van der Waals surface area contributed by atoms with E-state index in [9.17, 15) is 0 Å². The highest BCUT2D eigenvalue weighted by molar-refractivity contribution is 5.44. The van der Waals surface area contributed by atoms with Crippen LogP contribution in [0.25, 0.3) is 0 Å². The summed E-state index contributed by atoms with van der Waals surface area (Å²) >= 11 is 0. The second-order valence-electron chi connectivity index (χ2n) is 6.50. The Kier molecular flexibility index (Phi) is 5.89. The summed E-state index contributed by atoms with van der Waals surface area (Å²) in [7, 11) is 3.74. The Morgan fingerprint density at radius 1 is 1.32 bits per heavy atom. The number of fused-ring (bicyclic) bond motifs is 1. The van der Waals surface area contributed by atoms with Crippen molar-refractivity contribution in [2.75, 3.05) is 38.8 Å². The molecule has 0 bridgehead atoms. The van der Waals surface area contributed by atoms with Crippen molar-refractivity contribution in [1.82, 2.24) is 10.3 Å². The molecule has 5 nitrogen and oxygen atoms in total. The van der Waals surface area contributed by atoms with Crippen LogP contribution < -0.4 is 15.0 Å². The van der Waals surface area contributed by atoms with Crippen LogP contribution in [-0.4, -0.2) is 38.9 Å². The molecular formula is C20H27N3O2. The van der Waals surface area contributed by atoms with Crippen LogP contribution in [0.1, 0.15) is 29.2 Å². The fourth-order valence-electron chi connectivity index (χ4n) is 3.12. The van der Waals surface area contributed by atoms with Crippen molar-refractivity contribution in [3.63, 3.8) is 0 Å². The van der Waals surface area contributed by atoms with Crippen LogP contribution >= 0.6 is 0 Å².